The van der Waals surface area contributed by atoms with Gasteiger partial charge in [0.05, 0.1) is 5.69 Å². The molecule has 2 atom stereocenters. The van der Waals surface area contributed by atoms with Gasteiger partial charge in [0.2, 0.25) is 0 Å². The van der Waals surface area contributed by atoms with Crippen LogP contribution in [0.5, 0.6) is 0 Å². The number of ether oxygens (including phenoxy) is 2. The Morgan fingerprint density at radius 2 is 1.89 bits per heavy atom. The fourth-order valence-electron chi connectivity index (χ4n) is 2.66. The SMILES string of the molecule is COC1CN(c2nc(C3CC3)c(CN)s2)CC1OC. The van der Waals surface area contributed by atoms with E-state index in [-0.39, 0.29) is 12.2 Å². The number of nitrogens with zero attached hydrogens (tertiary/aromatic N) is 2. The van der Waals surface area contributed by atoms with Crippen molar-refractivity contribution < 1.29 is 9.47 Å². The molecular formula is C13H21N3O2S. The molecule has 0 bridgehead atoms. The van der Waals surface area contributed by atoms with E-state index in [0.29, 0.717) is 12.5 Å². The van der Waals surface area contributed by atoms with Crippen LogP contribution in [0.1, 0.15) is 29.3 Å². The van der Waals surface area contributed by atoms with Gasteiger partial charge >= 0.3 is 0 Å². The summed E-state index contributed by atoms with van der Waals surface area (Å²) in [6.07, 6.45) is 2.77. The second kappa shape index (κ2) is 5.36. The molecular weight excluding hydrogens is 262 g/mol. The molecule has 0 aromatic carbocycles. The van der Waals surface area contributed by atoms with E-state index in [1.54, 1.807) is 25.6 Å². The molecule has 2 aliphatic rings. The lowest BCUT2D eigenvalue weighted by atomic mass is 10.2. The first-order chi connectivity index (χ1) is 9.26. The zero-order chi connectivity index (χ0) is 13.4. The monoisotopic (exact) mass is 283 g/mol. The molecule has 0 amide bonds. The highest BCUT2D eigenvalue weighted by Crippen LogP contribution is 2.44. The molecule has 1 aliphatic heterocycles. The first-order valence-electron chi connectivity index (χ1n) is 6.77. The number of nitrogens with two attached hydrogens (primary N) is 1. The Morgan fingerprint density at radius 1 is 1.26 bits per heavy atom. The summed E-state index contributed by atoms with van der Waals surface area (Å²) in [6.45, 7) is 2.28. The second-order valence-electron chi connectivity index (χ2n) is 5.24. The van der Waals surface area contributed by atoms with Crippen molar-refractivity contribution in [2.45, 2.75) is 37.5 Å². The average Bonchev–Trinajstić information content (AvgIpc) is 3.05. The summed E-state index contributed by atoms with van der Waals surface area (Å²) >= 11 is 1.73. The van der Waals surface area contributed by atoms with Crippen LogP contribution in [0.2, 0.25) is 0 Å². The van der Waals surface area contributed by atoms with Gasteiger partial charge in [-0.25, -0.2) is 4.98 Å². The molecule has 1 saturated heterocycles. The fraction of sp³-hybridized carbons (Fsp3) is 0.769. The van der Waals surface area contributed by atoms with Gasteiger partial charge in [-0.15, -0.1) is 11.3 Å². The minimum Gasteiger partial charge on any atom is -0.377 e. The van der Waals surface area contributed by atoms with E-state index in [2.05, 4.69) is 4.90 Å². The van der Waals surface area contributed by atoms with Crippen LogP contribution in [0.25, 0.3) is 0 Å². The Balaban J connectivity index is 1.79. The number of anilines is 1. The number of aromatic nitrogens is 1. The Kier molecular flexibility index (Phi) is 3.75. The van der Waals surface area contributed by atoms with Crippen LogP contribution in [-0.2, 0) is 16.0 Å². The Hall–Kier alpha value is -0.690. The standard InChI is InChI=1S/C13H21N3O2S/c1-17-9-6-16(7-10(9)18-2)13-15-12(8-3-4-8)11(5-14)19-13/h8-10H,3-7,14H2,1-2H3. The predicted octanol–water partition coefficient (Wildman–Crippen LogP) is 1.33. The van der Waals surface area contributed by atoms with Gasteiger partial charge in [-0.2, -0.15) is 0 Å². The molecule has 106 valence electrons. The van der Waals surface area contributed by atoms with Gasteiger partial charge in [0.25, 0.3) is 0 Å². The summed E-state index contributed by atoms with van der Waals surface area (Å²) in [5.74, 6) is 0.655. The highest BCUT2D eigenvalue weighted by molar-refractivity contribution is 7.15. The van der Waals surface area contributed by atoms with Crippen LogP contribution in [0, 0.1) is 0 Å². The minimum absolute atomic E-state index is 0.125. The summed E-state index contributed by atoms with van der Waals surface area (Å²) in [5.41, 5.74) is 7.07. The number of thiazole rings is 1. The highest BCUT2D eigenvalue weighted by atomic mass is 32.1. The average molecular weight is 283 g/mol. The molecule has 2 N–H and O–H groups in total. The lowest BCUT2D eigenvalue weighted by Gasteiger charge is -2.13. The van der Waals surface area contributed by atoms with Crippen molar-refractivity contribution in [3.8, 4) is 0 Å². The topological polar surface area (TPSA) is 60.6 Å². The van der Waals surface area contributed by atoms with Gasteiger partial charge in [-0.3, -0.25) is 0 Å². The molecule has 0 spiro atoms. The van der Waals surface area contributed by atoms with Crippen molar-refractivity contribution >= 4 is 16.5 Å². The Labute approximate surface area is 117 Å². The molecule has 6 heteroatoms. The van der Waals surface area contributed by atoms with Crippen LogP contribution < -0.4 is 10.6 Å². The van der Waals surface area contributed by atoms with E-state index in [1.165, 1.54) is 23.4 Å². The Morgan fingerprint density at radius 3 is 2.37 bits per heavy atom. The molecule has 1 saturated carbocycles. The molecule has 1 aromatic rings. The molecule has 19 heavy (non-hydrogen) atoms. The number of rotatable bonds is 5. The van der Waals surface area contributed by atoms with E-state index in [1.807, 2.05) is 0 Å². The number of methoxy groups -OCH3 is 2. The summed E-state index contributed by atoms with van der Waals surface area (Å²) in [4.78, 5) is 8.32. The maximum atomic E-state index is 5.84. The third-order valence-electron chi connectivity index (χ3n) is 3.96. The zero-order valence-electron chi connectivity index (χ0n) is 11.5. The van der Waals surface area contributed by atoms with Crippen LogP contribution in [0.15, 0.2) is 0 Å². The first kappa shape index (κ1) is 13.3. The quantitative estimate of drug-likeness (QED) is 0.883. The fourth-order valence-corrected chi connectivity index (χ4v) is 3.70. The predicted molar refractivity (Wildman–Crippen MR) is 75.8 cm³/mol. The smallest absolute Gasteiger partial charge is 0.186 e. The normalized spacial score (nSPS) is 27.2. The third-order valence-corrected chi connectivity index (χ3v) is 5.11. The van der Waals surface area contributed by atoms with E-state index in [9.17, 15) is 0 Å². The lowest BCUT2D eigenvalue weighted by Crippen LogP contribution is -2.27. The zero-order valence-corrected chi connectivity index (χ0v) is 12.3. The van der Waals surface area contributed by atoms with E-state index < -0.39 is 0 Å². The maximum Gasteiger partial charge on any atom is 0.186 e. The van der Waals surface area contributed by atoms with Crippen LogP contribution >= 0.6 is 11.3 Å². The summed E-state index contributed by atoms with van der Waals surface area (Å²) < 4.78 is 11.0. The summed E-state index contributed by atoms with van der Waals surface area (Å²) in [5, 5.41) is 1.07. The van der Waals surface area contributed by atoms with Gasteiger partial charge in [-0.1, -0.05) is 0 Å². The molecule has 0 radical (unpaired) electrons. The molecule has 1 aromatic heterocycles. The van der Waals surface area contributed by atoms with Crippen molar-refractivity contribution in [1.29, 1.82) is 0 Å². The van der Waals surface area contributed by atoms with Crippen molar-refractivity contribution in [3.63, 3.8) is 0 Å². The van der Waals surface area contributed by atoms with Crippen molar-refractivity contribution in [2.24, 2.45) is 5.73 Å². The third kappa shape index (κ3) is 2.50. The molecule has 5 nitrogen and oxygen atoms in total. The van der Waals surface area contributed by atoms with Gasteiger partial charge < -0.3 is 20.1 Å². The van der Waals surface area contributed by atoms with Crippen LogP contribution in [-0.4, -0.2) is 44.5 Å². The molecule has 1 aliphatic carbocycles. The first-order valence-corrected chi connectivity index (χ1v) is 7.58. The summed E-state index contributed by atoms with van der Waals surface area (Å²) in [7, 11) is 3.48. The minimum atomic E-state index is 0.125. The number of hydrogen-bond donors (Lipinski definition) is 1. The van der Waals surface area contributed by atoms with Crippen molar-refractivity contribution in [1.82, 2.24) is 4.98 Å². The van der Waals surface area contributed by atoms with Crippen LogP contribution in [0.4, 0.5) is 5.13 Å². The van der Waals surface area contributed by atoms with E-state index in [4.69, 9.17) is 20.2 Å². The molecule has 2 unspecified atom stereocenters. The second-order valence-corrected chi connectivity index (χ2v) is 6.30. The van der Waals surface area contributed by atoms with Crippen LogP contribution in [0.3, 0.4) is 0 Å². The molecule has 2 heterocycles. The highest BCUT2D eigenvalue weighted by Gasteiger charge is 2.36. The maximum absolute atomic E-state index is 5.84. The van der Waals surface area contributed by atoms with Gasteiger partial charge in [-0.05, 0) is 12.8 Å². The largest absolute Gasteiger partial charge is 0.377 e. The molecule has 2 fully saturated rings. The van der Waals surface area contributed by atoms with Gasteiger partial charge in [0.15, 0.2) is 5.13 Å². The lowest BCUT2D eigenvalue weighted by molar-refractivity contribution is -0.00461. The van der Waals surface area contributed by atoms with E-state index >= 15 is 0 Å². The van der Waals surface area contributed by atoms with Gasteiger partial charge in [0.1, 0.15) is 12.2 Å². The van der Waals surface area contributed by atoms with E-state index in [0.717, 1.165) is 18.2 Å². The number of hydrogen-bond acceptors (Lipinski definition) is 6. The van der Waals surface area contributed by atoms with Crippen molar-refractivity contribution in [2.75, 3.05) is 32.2 Å². The van der Waals surface area contributed by atoms with Crippen molar-refractivity contribution in [3.05, 3.63) is 10.6 Å². The Bertz CT molecular complexity index is 435. The summed E-state index contributed by atoms with van der Waals surface area (Å²) in [6, 6.07) is 0. The molecule has 3 rings (SSSR count). The van der Waals surface area contributed by atoms with Gasteiger partial charge in [0, 0.05) is 44.6 Å².